The Kier molecular flexibility index (Phi) is 8.05. The number of nitrogen functional groups attached to an aromatic ring is 1. The second kappa shape index (κ2) is 11.6. The Bertz CT molecular complexity index is 1700. The molecule has 1 fully saturated rings. The number of aromatic nitrogens is 4. The van der Waals surface area contributed by atoms with Gasteiger partial charge in [-0.3, -0.25) is 9.59 Å². The highest BCUT2D eigenvalue weighted by Crippen LogP contribution is 2.37. The standard InChI is InChI=1S/C29H25F6N7O2/c1-2-22(43)41-9-3-4-21(14-41)42-26-23(25(36)38-15-39-26)24(40-42)17-7-5-16(6-8-17)13-37-27(44)18-10-19(28(30,31)32)12-20(11-18)29(33,34)35/h2,5-8,10-12,15,21H,1,3-4,9,13-14H2,(H,37,44)(H2,36,38,39)/t21-/m1/s1. The van der Waals surface area contributed by atoms with Crippen molar-refractivity contribution in [2.24, 2.45) is 0 Å². The van der Waals surface area contributed by atoms with Gasteiger partial charge in [-0.2, -0.15) is 31.4 Å². The zero-order chi connectivity index (χ0) is 31.8. The van der Waals surface area contributed by atoms with Crippen LogP contribution in [0.1, 0.15) is 45.9 Å². The highest BCUT2D eigenvalue weighted by atomic mass is 19.4. The molecule has 1 saturated heterocycles. The maximum Gasteiger partial charge on any atom is 0.416 e. The summed E-state index contributed by atoms with van der Waals surface area (Å²) >= 11 is 0. The normalized spacial score (nSPS) is 15.8. The van der Waals surface area contributed by atoms with E-state index in [1.807, 2.05) is 0 Å². The van der Waals surface area contributed by atoms with E-state index in [1.165, 1.54) is 12.4 Å². The molecule has 3 N–H and O–H groups in total. The molecule has 0 unspecified atom stereocenters. The van der Waals surface area contributed by atoms with Crippen molar-refractivity contribution in [3.8, 4) is 11.3 Å². The van der Waals surface area contributed by atoms with Gasteiger partial charge in [0.05, 0.1) is 22.6 Å². The minimum Gasteiger partial charge on any atom is -0.383 e. The molecule has 0 radical (unpaired) electrons. The average molecular weight is 618 g/mol. The first kappa shape index (κ1) is 30.5. The fourth-order valence-corrected chi connectivity index (χ4v) is 5.09. The van der Waals surface area contributed by atoms with E-state index in [9.17, 15) is 35.9 Å². The van der Waals surface area contributed by atoms with Crippen molar-refractivity contribution in [1.82, 2.24) is 30.0 Å². The maximum atomic E-state index is 13.2. The second-order valence-corrected chi connectivity index (χ2v) is 10.2. The number of carbonyl (C=O) groups excluding carboxylic acids is 2. The van der Waals surface area contributed by atoms with Crippen molar-refractivity contribution < 1.29 is 35.9 Å². The minimum atomic E-state index is -5.07. The van der Waals surface area contributed by atoms with Crippen LogP contribution in [0, 0.1) is 0 Å². The lowest BCUT2D eigenvalue weighted by molar-refractivity contribution is -0.143. The third-order valence-corrected chi connectivity index (χ3v) is 7.28. The monoisotopic (exact) mass is 617 g/mol. The molecular weight excluding hydrogens is 592 g/mol. The van der Waals surface area contributed by atoms with Crippen molar-refractivity contribution in [3.63, 3.8) is 0 Å². The number of rotatable bonds is 6. The highest BCUT2D eigenvalue weighted by Gasteiger charge is 2.37. The number of carbonyl (C=O) groups is 2. The Morgan fingerprint density at radius 2 is 1.68 bits per heavy atom. The van der Waals surface area contributed by atoms with Gasteiger partial charge < -0.3 is 16.0 Å². The van der Waals surface area contributed by atoms with E-state index in [0.717, 1.165) is 12.8 Å². The third-order valence-electron chi connectivity index (χ3n) is 7.28. The largest absolute Gasteiger partial charge is 0.416 e. The van der Waals surface area contributed by atoms with Crippen LogP contribution >= 0.6 is 0 Å². The van der Waals surface area contributed by atoms with Crippen molar-refractivity contribution in [1.29, 1.82) is 0 Å². The highest BCUT2D eigenvalue weighted by molar-refractivity contribution is 5.98. The molecule has 230 valence electrons. The summed E-state index contributed by atoms with van der Waals surface area (Å²) in [7, 11) is 0. The molecule has 2 aromatic heterocycles. The molecule has 2 aromatic carbocycles. The summed E-state index contributed by atoms with van der Waals surface area (Å²) in [6, 6.07) is 7.14. The number of hydrogen-bond acceptors (Lipinski definition) is 6. The molecule has 1 aliphatic heterocycles. The molecule has 3 heterocycles. The summed E-state index contributed by atoms with van der Waals surface area (Å²) in [4.78, 5) is 35.0. The molecule has 0 aliphatic carbocycles. The van der Waals surface area contributed by atoms with Crippen LogP contribution in [0.2, 0.25) is 0 Å². The average Bonchev–Trinajstić information content (AvgIpc) is 3.39. The fourth-order valence-electron chi connectivity index (χ4n) is 5.09. The Morgan fingerprint density at radius 3 is 2.30 bits per heavy atom. The molecule has 1 atom stereocenters. The Morgan fingerprint density at radius 1 is 1.02 bits per heavy atom. The molecule has 1 aliphatic rings. The van der Waals surface area contributed by atoms with Crippen LogP contribution in [0.4, 0.5) is 32.2 Å². The van der Waals surface area contributed by atoms with Crippen LogP contribution in [0.3, 0.4) is 0 Å². The number of nitrogens with zero attached hydrogens (tertiary/aromatic N) is 5. The number of piperidine rings is 1. The van der Waals surface area contributed by atoms with Crippen LogP contribution in [-0.4, -0.2) is 49.6 Å². The Balaban J connectivity index is 1.37. The van der Waals surface area contributed by atoms with Crippen LogP contribution in [0.25, 0.3) is 22.3 Å². The molecule has 2 amide bonds. The zero-order valence-corrected chi connectivity index (χ0v) is 22.9. The zero-order valence-electron chi connectivity index (χ0n) is 22.9. The first-order valence-corrected chi connectivity index (χ1v) is 13.3. The molecule has 5 rings (SSSR count). The van der Waals surface area contributed by atoms with Gasteiger partial charge in [0.1, 0.15) is 17.8 Å². The number of halogens is 6. The molecule has 15 heteroatoms. The Hall–Kier alpha value is -4.95. The van der Waals surface area contributed by atoms with Gasteiger partial charge in [-0.15, -0.1) is 0 Å². The van der Waals surface area contributed by atoms with E-state index < -0.39 is 35.0 Å². The number of nitrogens with two attached hydrogens (primary N) is 1. The number of fused-ring (bicyclic) bond motifs is 1. The van der Waals surface area contributed by atoms with Gasteiger partial charge in [-0.1, -0.05) is 30.8 Å². The summed E-state index contributed by atoms with van der Waals surface area (Å²) in [6.45, 7) is 4.38. The summed E-state index contributed by atoms with van der Waals surface area (Å²) in [5.41, 5.74) is 4.38. The predicted octanol–water partition coefficient (Wildman–Crippen LogP) is 5.39. The quantitative estimate of drug-likeness (QED) is 0.221. The lowest BCUT2D eigenvalue weighted by Gasteiger charge is -2.32. The van der Waals surface area contributed by atoms with Crippen LogP contribution in [-0.2, 0) is 23.7 Å². The topological polar surface area (TPSA) is 119 Å². The molecule has 0 spiro atoms. The van der Waals surface area contributed by atoms with Crippen molar-refractivity contribution in [2.45, 2.75) is 37.8 Å². The van der Waals surface area contributed by atoms with Crippen molar-refractivity contribution in [2.75, 3.05) is 18.8 Å². The summed E-state index contributed by atoms with van der Waals surface area (Å²) < 4.78 is 80.8. The number of likely N-dealkylation sites (tertiary alicyclic amines) is 1. The van der Waals surface area contributed by atoms with E-state index in [-0.39, 0.29) is 30.4 Å². The number of benzene rings is 2. The van der Waals surface area contributed by atoms with Crippen molar-refractivity contribution >= 4 is 28.7 Å². The minimum absolute atomic E-state index is 0.0383. The molecule has 44 heavy (non-hydrogen) atoms. The number of anilines is 1. The molecular formula is C29H25F6N7O2. The number of alkyl halides is 6. The first-order valence-electron chi connectivity index (χ1n) is 13.3. The summed E-state index contributed by atoms with van der Waals surface area (Å²) in [5, 5.41) is 7.65. The van der Waals surface area contributed by atoms with E-state index in [2.05, 4.69) is 21.9 Å². The van der Waals surface area contributed by atoms with Gasteiger partial charge >= 0.3 is 12.4 Å². The SMILES string of the molecule is C=CC(=O)N1CCC[C@@H](n2nc(-c3ccc(CNC(=O)c4cc(C(F)(F)F)cc(C(F)(F)F)c4)cc3)c3c(N)ncnc32)C1. The van der Waals surface area contributed by atoms with E-state index in [0.29, 0.717) is 53.1 Å². The molecule has 9 nitrogen and oxygen atoms in total. The van der Waals surface area contributed by atoms with Crippen LogP contribution in [0.5, 0.6) is 0 Å². The Labute approximate surface area is 246 Å². The summed E-state index contributed by atoms with van der Waals surface area (Å²) in [6.07, 6.45) is -6.06. The number of amides is 2. The van der Waals surface area contributed by atoms with Gasteiger partial charge in [-0.05, 0) is 42.7 Å². The lowest BCUT2D eigenvalue weighted by atomic mass is 10.0. The summed E-state index contributed by atoms with van der Waals surface area (Å²) in [5.74, 6) is -1.09. The first-order chi connectivity index (χ1) is 20.8. The van der Waals surface area contributed by atoms with Crippen LogP contribution < -0.4 is 11.1 Å². The second-order valence-electron chi connectivity index (χ2n) is 10.2. The van der Waals surface area contributed by atoms with Crippen molar-refractivity contribution in [3.05, 3.63) is 83.7 Å². The van der Waals surface area contributed by atoms with Gasteiger partial charge in [0.2, 0.25) is 5.91 Å². The van der Waals surface area contributed by atoms with Gasteiger partial charge in [0, 0.05) is 30.8 Å². The third kappa shape index (κ3) is 6.21. The number of hydrogen-bond donors (Lipinski definition) is 2. The smallest absolute Gasteiger partial charge is 0.383 e. The van der Waals surface area contributed by atoms with Crippen LogP contribution in [0.15, 0.2) is 61.4 Å². The fraction of sp³-hybridized carbons (Fsp3) is 0.276. The van der Waals surface area contributed by atoms with E-state index >= 15 is 0 Å². The predicted molar refractivity (Wildman–Crippen MR) is 148 cm³/mol. The molecule has 4 aromatic rings. The van der Waals surface area contributed by atoms with Gasteiger partial charge in [-0.25, -0.2) is 14.6 Å². The molecule has 0 bridgehead atoms. The lowest BCUT2D eigenvalue weighted by Crippen LogP contribution is -2.40. The maximum absolute atomic E-state index is 13.2. The van der Waals surface area contributed by atoms with E-state index in [4.69, 9.17) is 10.8 Å². The van der Waals surface area contributed by atoms with Gasteiger partial charge in [0.25, 0.3) is 5.91 Å². The number of nitrogens with one attached hydrogen (secondary N) is 1. The molecule has 0 saturated carbocycles. The van der Waals surface area contributed by atoms with Gasteiger partial charge in [0.15, 0.2) is 5.65 Å². The van der Waals surface area contributed by atoms with E-state index in [1.54, 1.807) is 33.8 Å².